The van der Waals surface area contributed by atoms with Crippen LogP contribution in [0.4, 0.5) is 0 Å². The van der Waals surface area contributed by atoms with Crippen LogP contribution in [0.15, 0.2) is 48.5 Å². The number of fused-ring (bicyclic) bond motifs is 3. The number of methoxy groups -OCH3 is 5. The molecule has 1 N–H and O–H groups in total. The molecule has 2 atom stereocenters. The Kier molecular flexibility index (Phi) is 8.51. The second kappa shape index (κ2) is 12.8. The van der Waals surface area contributed by atoms with Gasteiger partial charge in [-0.2, -0.15) is 0 Å². The summed E-state index contributed by atoms with van der Waals surface area (Å²) in [6, 6.07) is 16.5. The van der Waals surface area contributed by atoms with Crippen molar-refractivity contribution in [2.75, 3.05) is 62.7 Å². The van der Waals surface area contributed by atoms with Crippen LogP contribution in [0.1, 0.15) is 45.5 Å². The van der Waals surface area contributed by atoms with E-state index < -0.39 is 0 Å². The third-order valence-electron chi connectivity index (χ3n) is 10.4. The van der Waals surface area contributed by atoms with Crippen LogP contribution in [-0.4, -0.2) is 77.6 Å². The number of nitrogens with zero attached hydrogens (tertiary/aromatic N) is 2. The van der Waals surface area contributed by atoms with Crippen molar-refractivity contribution in [3.8, 4) is 57.1 Å². The number of aromatic hydroxyl groups is 1. The SMILES string of the molecule is COc1cc2c(cc1O)C(Cc1ccc(Oc3c4c(cc(OC)c3OC)-c3c(OC)c(OC)cc5c3C(C4)N(C)CC5)cc1)N(C)CC2. The van der Waals surface area contributed by atoms with Gasteiger partial charge in [0.1, 0.15) is 5.75 Å². The molecule has 2 heterocycles. The Morgan fingerprint density at radius 3 is 2.04 bits per heavy atom. The fraction of sp³-hybridized carbons (Fsp3) is 0.385. The smallest absolute Gasteiger partial charge is 0.204 e. The van der Waals surface area contributed by atoms with E-state index in [1.165, 1.54) is 22.3 Å². The highest BCUT2D eigenvalue weighted by Crippen LogP contribution is 2.57. The van der Waals surface area contributed by atoms with Crippen LogP contribution in [0.2, 0.25) is 0 Å². The molecule has 0 fully saturated rings. The van der Waals surface area contributed by atoms with Gasteiger partial charge in [-0.25, -0.2) is 0 Å². The highest BCUT2D eigenvalue weighted by Gasteiger charge is 2.39. The molecule has 4 aromatic rings. The van der Waals surface area contributed by atoms with Crippen LogP contribution in [0, 0.1) is 0 Å². The number of rotatable bonds is 9. The zero-order chi connectivity index (χ0) is 33.7. The van der Waals surface area contributed by atoms with E-state index in [9.17, 15) is 5.11 Å². The highest BCUT2D eigenvalue weighted by atomic mass is 16.5. The van der Waals surface area contributed by atoms with Crippen LogP contribution < -0.4 is 28.4 Å². The van der Waals surface area contributed by atoms with Gasteiger partial charge >= 0.3 is 0 Å². The van der Waals surface area contributed by atoms with Crippen molar-refractivity contribution < 1.29 is 33.5 Å². The lowest BCUT2D eigenvalue weighted by Gasteiger charge is -2.41. The topological polar surface area (TPSA) is 82.1 Å². The van der Waals surface area contributed by atoms with Crippen molar-refractivity contribution in [1.29, 1.82) is 0 Å². The monoisotopic (exact) mass is 652 g/mol. The second-order valence-electron chi connectivity index (χ2n) is 12.9. The Balaban J connectivity index is 1.27. The van der Waals surface area contributed by atoms with Crippen LogP contribution in [0.25, 0.3) is 11.1 Å². The largest absolute Gasteiger partial charge is 0.504 e. The summed E-state index contributed by atoms with van der Waals surface area (Å²) < 4.78 is 35.9. The van der Waals surface area contributed by atoms with Crippen LogP contribution >= 0.6 is 0 Å². The summed E-state index contributed by atoms with van der Waals surface area (Å²) in [6.07, 6.45) is 3.40. The summed E-state index contributed by atoms with van der Waals surface area (Å²) in [6.45, 7) is 1.88. The fourth-order valence-electron chi connectivity index (χ4n) is 7.88. The lowest BCUT2D eigenvalue weighted by atomic mass is 9.76. The van der Waals surface area contributed by atoms with Gasteiger partial charge in [0.25, 0.3) is 0 Å². The van der Waals surface area contributed by atoms with Crippen molar-refractivity contribution >= 4 is 0 Å². The van der Waals surface area contributed by atoms with E-state index in [1.807, 2.05) is 30.3 Å². The van der Waals surface area contributed by atoms with Crippen molar-refractivity contribution in [3.05, 3.63) is 81.9 Å². The number of likely N-dealkylation sites (N-methyl/N-ethyl adjacent to an activating group) is 2. The van der Waals surface area contributed by atoms with Crippen molar-refractivity contribution in [2.45, 2.75) is 37.8 Å². The summed E-state index contributed by atoms with van der Waals surface area (Å²) in [7, 11) is 12.6. The zero-order valence-electron chi connectivity index (χ0n) is 28.8. The minimum Gasteiger partial charge on any atom is -0.504 e. The average molecular weight is 653 g/mol. The van der Waals surface area contributed by atoms with E-state index in [4.69, 9.17) is 28.4 Å². The second-order valence-corrected chi connectivity index (χ2v) is 12.9. The van der Waals surface area contributed by atoms with Crippen molar-refractivity contribution in [2.24, 2.45) is 0 Å². The molecule has 3 aliphatic rings. The van der Waals surface area contributed by atoms with Gasteiger partial charge in [0.05, 0.1) is 35.5 Å². The van der Waals surface area contributed by atoms with Gasteiger partial charge in [-0.05, 0) is 110 Å². The Hall–Kier alpha value is -4.60. The van der Waals surface area contributed by atoms with Gasteiger partial charge in [0, 0.05) is 36.3 Å². The molecule has 0 amide bonds. The van der Waals surface area contributed by atoms with E-state index in [-0.39, 0.29) is 17.8 Å². The third-order valence-corrected chi connectivity index (χ3v) is 10.4. The number of phenolic OH excluding ortho intramolecular Hbond substituents is 1. The third kappa shape index (κ3) is 5.25. The number of hydrogen-bond acceptors (Lipinski definition) is 9. The zero-order valence-corrected chi connectivity index (χ0v) is 28.8. The van der Waals surface area contributed by atoms with Crippen LogP contribution in [-0.2, 0) is 25.7 Å². The number of phenols is 1. The van der Waals surface area contributed by atoms with Crippen LogP contribution in [0.3, 0.4) is 0 Å². The van der Waals surface area contributed by atoms with Gasteiger partial charge in [0.15, 0.2) is 34.5 Å². The first-order chi connectivity index (χ1) is 23.3. The number of hydrogen-bond donors (Lipinski definition) is 1. The summed E-state index contributed by atoms with van der Waals surface area (Å²) in [4.78, 5) is 4.76. The highest BCUT2D eigenvalue weighted by molar-refractivity contribution is 5.87. The Bertz CT molecular complexity index is 1860. The predicted octanol–water partition coefficient (Wildman–Crippen LogP) is 6.75. The van der Waals surface area contributed by atoms with E-state index in [1.54, 1.807) is 35.5 Å². The molecular formula is C39H44N2O7. The van der Waals surface area contributed by atoms with E-state index in [0.29, 0.717) is 34.5 Å². The molecule has 48 heavy (non-hydrogen) atoms. The standard InChI is InChI=1S/C39H44N2O7/c1-40-14-12-23-17-32(43-3)31(42)20-26(23)29(40)16-22-8-10-25(11-9-22)48-37-28-19-30-35-24(13-15-41(30)2)18-33(44-4)38(46-6)36(35)27(28)21-34(45-5)39(37)47-7/h8-11,17-18,20-21,29-30,42H,12-16,19H2,1-7H3. The molecule has 0 radical (unpaired) electrons. The molecule has 2 aliphatic heterocycles. The molecule has 2 unspecified atom stereocenters. The molecule has 0 bridgehead atoms. The minimum absolute atomic E-state index is 0.132. The maximum atomic E-state index is 10.6. The molecule has 7 rings (SSSR count). The molecule has 4 aromatic carbocycles. The van der Waals surface area contributed by atoms with Crippen LogP contribution in [0.5, 0.6) is 46.0 Å². The van der Waals surface area contributed by atoms with Crippen molar-refractivity contribution in [1.82, 2.24) is 9.80 Å². The van der Waals surface area contributed by atoms with Gasteiger partial charge < -0.3 is 33.5 Å². The van der Waals surface area contributed by atoms with Gasteiger partial charge in [-0.15, -0.1) is 0 Å². The first kappa shape index (κ1) is 32.0. The molecule has 252 valence electrons. The maximum Gasteiger partial charge on any atom is 0.204 e. The molecule has 0 saturated carbocycles. The Labute approximate surface area is 282 Å². The summed E-state index contributed by atoms with van der Waals surface area (Å²) in [5.41, 5.74) is 9.14. The molecule has 9 nitrogen and oxygen atoms in total. The summed E-state index contributed by atoms with van der Waals surface area (Å²) in [5, 5.41) is 10.6. The van der Waals surface area contributed by atoms with Crippen molar-refractivity contribution in [3.63, 3.8) is 0 Å². The molecule has 0 spiro atoms. The number of benzene rings is 4. The average Bonchev–Trinajstić information content (AvgIpc) is 3.10. The Morgan fingerprint density at radius 2 is 1.35 bits per heavy atom. The first-order valence-corrected chi connectivity index (χ1v) is 16.4. The summed E-state index contributed by atoms with van der Waals surface area (Å²) in [5.74, 6) is 4.60. The molecule has 0 saturated heterocycles. The van der Waals surface area contributed by atoms with E-state index >= 15 is 0 Å². The van der Waals surface area contributed by atoms with Gasteiger partial charge in [0.2, 0.25) is 5.75 Å². The normalized spacial score (nSPS) is 18.3. The van der Waals surface area contributed by atoms with Gasteiger partial charge in [-0.3, -0.25) is 9.80 Å². The molecule has 9 heteroatoms. The first-order valence-electron chi connectivity index (χ1n) is 16.4. The number of ether oxygens (including phenoxy) is 6. The minimum atomic E-state index is 0.132. The van der Waals surface area contributed by atoms with E-state index in [2.05, 4.69) is 42.1 Å². The molecular weight excluding hydrogens is 608 g/mol. The summed E-state index contributed by atoms with van der Waals surface area (Å²) >= 11 is 0. The molecule has 0 aromatic heterocycles. The maximum absolute atomic E-state index is 10.6. The molecule has 1 aliphatic carbocycles. The quantitative estimate of drug-likeness (QED) is 0.211. The Morgan fingerprint density at radius 1 is 0.708 bits per heavy atom. The lowest BCUT2D eigenvalue weighted by Crippen LogP contribution is -2.36. The van der Waals surface area contributed by atoms with Gasteiger partial charge in [-0.1, -0.05) is 12.1 Å². The fourth-order valence-corrected chi connectivity index (χ4v) is 7.88. The van der Waals surface area contributed by atoms with E-state index in [0.717, 1.165) is 66.8 Å². The predicted molar refractivity (Wildman–Crippen MR) is 185 cm³/mol. The lowest BCUT2D eigenvalue weighted by molar-refractivity contribution is 0.225.